The third kappa shape index (κ3) is 7.64. The molecule has 0 aromatic heterocycles. The molecule has 0 fully saturated rings. The Morgan fingerprint density at radius 3 is 1.83 bits per heavy atom. The Morgan fingerprint density at radius 2 is 1.34 bits per heavy atom. The molecule has 2 amide bonds. The molecule has 0 heterocycles. The van der Waals surface area contributed by atoms with Crippen LogP contribution in [0.15, 0.2) is 66.7 Å². The summed E-state index contributed by atoms with van der Waals surface area (Å²) in [7, 11) is 1.55. The van der Waals surface area contributed by atoms with Crippen LogP contribution in [0.5, 0.6) is 11.5 Å². The summed E-state index contributed by atoms with van der Waals surface area (Å²) in [4.78, 5) is 25.9. The van der Waals surface area contributed by atoms with Crippen LogP contribution in [-0.4, -0.2) is 25.5 Å². The van der Waals surface area contributed by atoms with Crippen molar-refractivity contribution < 1.29 is 19.1 Å². The van der Waals surface area contributed by atoms with E-state index in [1.54, 1.807) is 73.8 Å². The minimum absolute atomic E-state index is 0.373. The predicted octanol–water partition coefficient (Wildman–Crippen LogP) is 6.43. The van der Waals surface area contributed by atoms with Crippen LogP contribution in [0.1, 0.15) is 58.6 Å². The molecule has 0 saturated carbocycles. The lowest BCUT2D eigenvalue weighted by molar-refractivity contribution is 0.0883. The number of methoxy groups -OCH3 is 1. The van der Waals surface area contributed by atoms with E-state index < -0.39 is 6.17 Å². The number of ether oxygens (including phenoxy) is 2. The zero-order chi connectivity index (χ0) is 25.2. The smallest absolute Gasteiger partial charge is 0.253 e. The first-order chi connectivity index (χ1) is 16.9. The second-order valence-corrected chi connectivity index (χ2v) is 8.73. The summed E-state index contributed by atoms with van der Waals surface area (Å²) >= 11 is 11.9. The van der Waals surface area contributed by atoms with E-state index in [1.807, 2.05) is 0 Å². The maximum Gasteiger partial charge on any atom is 0.253 e. The van der Waals surface area contributed by atoms with Crippen molar-refractivity contribution in [1.29, 1.82) is 0 Å². The van der Waals surface area contributed by atoms with Gasteiger partial charge in [0.1, 0.15) is 6.17 Å². The lowest BCUT2D eigenvalue weighted by Crippen LogP contribution is -2.41. The Bertz CT molecular complexity index is 1080. The van der Waals surface area contributed by atoms with E-state index in [0.29, 0.717) is 44.8 Å². The number of benzene rings is 3. The van der Waals surface area contributed by atoms with Gasteiger partial charge >= 0.3 is 0 Å². The van der Waals surface area contributed by atoms with Crippen LogP contribution in [-0.2, 0) is 0 Å². The number of carbonyl (C=O) groups excluding carboxylic acids is 2. The van der Waals surface area contributed by atoms with Gasteiger partial charge in [0.2, 0.25) is 0 Å². The lowest BCUT2D eigenvalue weighted by Gasteiger charge is -2.22. The summed E-state index contributed by atoms with van der Waals surface area (Å²) in [5.41, 5.74) is 1.43. The van der Waals surface area contributed by atoms with Gasteiger partial charge in [-0.15, -0.1) is 0 Å². The topological polar surface area (TPSA) is 76.7 Å². The summed E-state index contributed by atoms with van der Waals surface area (Å²) < 4.78 is 11.4. The van der Waals surface area contributed by atoms with Crippen LogP contribution in [0.3, 0.4) is 0 Å². The van der Waals surface area contributed by atoms with Crippen LogP contribution in [0.2, 0.25) is 10.0 Å². The maximum absolute atomic E-state index is 12.9. The molecule has 6 nitrogen and oxygen atoms in total. The highest BCUT2D eigenvalue weighted by Gasteiger charge is 2.21. The van der Waals surface area contributed by atoms with E-state index in [9.17, 15) is 9.59 Å². The van der Waals surface area contributed by atoms with E-state index in [-0.39, 0.29) is 11.8 Å². The van der Waals surface area contributed by atoms with Crippen molar-refractivity contribution in [3.05, 3.63) is 93.5 Å². The van der Waals surface area contributed by atoms with E-state index in [0.717, 1.165) is 19.3 Å². The third-order valence-electron chi connectivity index (χ3n) is 5.29. The van der Waals surface area contributed by atoms with Crippen LogP contribution in [0.25, 0.3) is 0 Å². The predicted molar refractivity (Wildman–Crippen MR) is 139 cm³/mol. The first-order valence-electron chi connectivity index (χ1n) is 11.3. The summed E-state index contributed by atoms with van der Waals surface area (Å²) in [5, 5.41) is 6.79. The zero-order valence-electron chi connectivity index (χ0n) is 19.6. The fourth-order valence-corrected chi connectivity index (χ4v) is 3.60. The first kappa shape index (κ1) is 26.4. The molecule has 8 heteroatoms. The van der Waals surface area contributed by atoms with Crippen LogP contribution in [0, 0.1) is 0 Å². The van der Waals surface area contributed by atoms with Gasteiger partial charge in [0.25, 0.3) is 11.8 Å². The van der Waals surface area contributed by atoms with Gasteiger partial charge in [-0.05, 0) is 72.6 Å². The summed E-state index contributed by atoms with van der Waals surface area (Å²) in [6.07, 6.45) is 2.28. The highest BCUT2D eigenvalue weighted by atomic mass is 35.5. The number of rotatable bonds is 11. The van der Waals surface area contributed by atoms with E-state index in [4.69, 9.17) is 32.7 Å². The van der Waals surface area contributed by atoms with Crippen molar-refractivity contribution in [2.75, 3.05) is 13.7 Å². The molecule has 0 radical (unpaired) electrons. The monoisotopic (exact) mass is 514 g/mol. The van der Waals surface area contributed by atoms with E-state index in [2.05, 4.69) is 17.6 Å². The van der Waals surface area contributed by atoms with Crippen molar-refractivity contribution in [2.24, 2.45) is 0 Å². The molecule has 0 saturated heterocycles. The molecule has 0 unspecified atom stereocenters. The minimum atomic E-state index is -0.843. The summed E-state index contributed by atoms with van der Waals surface area (Å²) in [6, 6.07) is 18.3. The fraction of sp³-hybridized carbons (Fsp3) is 0.259. The summed E-state index contributed by atoms with van der Waals surface area (Å²) in [6.45, 7) is 2.71. The second-order valence-electron chi connectivity index (χ2n) is 7.86. The van der Waals surface area contributed by atoms with Crippen LogP contribution < -0.4 is 20.1 Å². The number of halogens is 2. The molecule has 3 aromatic rings. The molecule has 0 aliphatic carbocycles. The maximum atomic E-state index is 12.9. The molecule has 0 atom stereocenters. The average Bonchev–Trinajstić information content (AvgIpc) is 2.87. The highest BCUT2D eigenvalue weighted by Crippen LogP contribution is 2.30. The van der Waals surface area contributed by atoms with Gasteiger partial charge in [-0.3, -0.25) is 9.59 Å². The molecular weight excluding hydrogens is 487 g/mol. The molecule has 35 heavy (non-hydrogen) atoms. The molecule has 0 aliphatic rings. The van der Waals surface area contributed by atoms with Crippen molar-refractivity contribution >= 4 is 35.0 Å². The Labute approximate surface area is 215 Å². The minimum Gasteiger partial charge on any atom is -0.493 e. The molecular formula is C27H28Cl2N2O4. The fourth-order valence-electron chi connectivity index (χ4n) is 3.35. The highest BCUT2D eigenvalue weighted by molar-refractivity contribution is 6.31. The van der Waals surface area contributed by atoms with Gasteiger partial charge in [-0.1, -0.05) is 49.0 Å². The molecule has 0 aliphatic heterocycles. The number of nitrogens with one attached hydrogen (secondary N) is 2. The molecule has 2 N–H and O–H groups in total. The Kier molecular flexibility index (Phi) is 9.82. The van der Waals surface area contributed by atoms with Gasteiger partial charge < -0.3 is 20.1 Å². The number of amides is 2. The summed E-state index contributed by atoms with van der Waals surface area (Å²) in [5.74, 6) is 0.355. The average molecular weight is 515 g/mol. The molecule has 0 spiro atoms. The standard InChI is InChI=1S/C27H28Cl2N2O4/c1-3-4-5-16-35-23-15-10-20(17-24(23)34-2)25(30-26(32)18-6-11-21(28)12-7-18)31-27(33)19-8-13-22(29)14-9-19/h6-15,17,25H,3-5,16H2,1-2H3,(H,30,32)(H,31,33). The van der Waals surface area contributed by atoms with Gasteiger partial charge in [0.05, 0.1) is 13.7 Å². The second kappa shape index (κ2) is 13.0. The quantitative estimate of drug-likeness (QED) is 0.228. The number of hydrogen-bond acceptors (Lipinski definition) is 4. The Morgan fingerprint density at radius 1 is 0.800 bits per heavy atom. The van der Waals surface area contributed by atoms with Crippen LogP contribution in [0.4, 0.5) is 0 Å². The SMILES string of the molecule is CCCCCOc1ccc(C(NC(=O)c2ccc(Cl)cc2)NC(=O)c2ccc(Cl)cc2)cc1OC. The Balaban J connectivity index is 1.86. The van der Waals surface area contributed by atoms with Gasteiger partial charge in [0, 0.05) is 21.2 Å². The third-order valence-corrected chi connectivity index (χ3v) is 5.79. The van der Waals surface area contributed by atoms with Crippen molar-refractivity contribution in [1.82, 2.24) is 10.6 Å². The molecule has 3 rings (SSSR count). The van der Waals surface area contributed by atoms with Gasteiger partial charge in [-0.25, -0.2) is 0 Å². The van der Waals surface area contributed by atoms with Crippen molar-refractivity contribution in [3.63, 3.8) is 0 Å². The first-order valence-corrected chi connectivity index (χ1v) is 12.1. The van der Waals surface area contributed by atoms with Crippen molar-refractivity contribution in [3.8, 4) is 11.5 Å². The molecule has 0 bridgehead atoms. The van der Waals surface area contributed by atoms with Crippen molar-refractivity contribution in [2.45, 2.75) is 32.4 Å². The normalized spacial score (nSPS) is 10.7. The lowest BCUT2D eigenvalue weighted by atomic mass is 10.1. The largest absolute Gasteiger partial charge is 0.493 e. The molecule has 184 valence electrons. The molecule has 3 aromatic carbocycles. The van der Waals surface area contributed by atoms with Gasteiger partial charge in [0.15, 0.2) is 11.5 Å². The van der Waals surface area contributed by atoms with Gasteiger partial charge in [-0.2, -0.15) is 0 Å². The van der Waals surface area contributed by atoms with E-state index >= 15 is 0 Å². The number of carbonyl (C=O) groups is 2. The zero-order valence-corrected chi connectivity index (χ0v) is 21.2. The van der Waals surface area contributed by atoms with Crippen LogP contribution >= 0.6 is 23.2 Å². The van der Waals surface area contributed by atoms with E-state index in [1.165, 1.54) is 0 Å². The number of hydrogen-bond donors (Lipinski definition) is 2. The Hall–Kier alpha value is -3.22. The number of unbranched alkanes of at least 4 members (excludes halogenated alkanes) is 2.